The molecule has 1 aromatic heterocycles. The lowest BCUT2D eigenvalue weighted by atomic mass is 10.0. The van der Waals surface area contributed by atoms with E-state index >= 15 is 0 Å². The van der Waals surface area contributed by atoms with Gasteiger partial charge >= 0.3 is 5.97 Å². The molecule has 0 aliphatic heterocycles. The monoisotopic (exact) mass is 181 g/mol. The Morgan fingerprint density at radius 2 is 2.08 bits per heavy atom. The van der Waals surface area contributed by atoms with Crippen molar-refractivity contribution in [2.75, 3.05) is 0 Å². The van der Waals surface area contributed by atoms with E-state index in [1.165, 1.54) is 18.3 Å². The average molecular weight is 181 g/mol. The second kappa shape index (κ2) is 3.14. The molecule has 0 aliphatic rings. The Balaban J connectivity index is 3.01. The molecule has 4 heteroatoms. The molecule has 0 saturated heterocycles. The highest BCUT2D eigenvalue weighted by Gasteiger charge is 2.17. The van der Waals surface area contributed by atoms with Crippen molar-refractivity contribution in [3.8, 4) is 0 Å². The van der Waals surface area contributed by atoms with Gasteiger partial charge in [-0.2, -0.15) is 0 Å². The Morgan fingerprint density at radius 3 is 2.38 bits per heavy atom. The Labute approximate surface area is 75.9 Å². The molecular weight excluding hydrogens is 170 g/mol. The van der Waals surface area contributed by atoms with Crippen LogP contribution in [0.4, 0.5) is 0 Å². The van der Waals surface area contributed by atoms with Gasteiger partial charge in [-0.05, 0) is 26.0 Å². The zero-order valence-corrected chi connectivity index (χ0v) is 7.48. The molecule has 1 heterocycles. The van der Waals surface area contributed by atoms with Crippen molar-refractivity contribution in [1.29, 1.82) is 0 Å². The number of carboxylic acids is 1. The van der Waals surface area contributed by atoms with Gasteiger partial charge in [0.05, 0.1) is 11.3 Å². The van der Waals surface area contributed by atoms with Gasteiger partial charge in [0, 0.05) is 6.20 Å². The van der Waals surface area contributed by atoms with Crippen LogP contribution in [-0.4, -0.2) is 21.2 Å². The molecule has 0 amide bonds. The number of hydrogen-bond acceptors (Lipinski definition) is 3. The highest BCUT2D eigenvalue weighted by atomic mass is 16.4. The van der Waals surface area contributed by atoms with Crippen LogP contribution in [-0.2, 0) is 5.60 Å². The molecule has 0 atom stereocenters. The summed E-state index contributed by atoms with van der Waals surface area (Å²) < 4.78 is 0. The van der Waals surface area contributed by atoms with Gasteiger partial charge in [-0.15, -0.1) is 0 Å². The van der Waals surface area contributed by atoms with Gasteiger partial charge in [0.2, 0.25) is 0 Å². The number of aromatic carboxylic acids is 1. The van der Waals surface area contributed by atoms with E-state index in [2.05, 4.69) is 4.98 Å². The van der Waals surface area contributed by atoms with Crippen LogP contribution >= 0.6 is 0 Å². The maximum Gasteiger partial charge on any atom is 0.337 e. The number of rotatable bonds is 2. The van der Waals surface area contributed by atoms with Crippen molar-refractivity contribution in [2.45, 2.75) is 19.4 Å². The fraction of sp³-hybridized carbons (Fsp3) is 0.333. The van der Waals surface area contributed by atoms with Gasteiger partial charge in [-0.25, -0.2) is 4.79 Å². The summed E-state index contributed by atoms with van der Waals surface area (Å²) in [6.45, 7) is 3.19. The van der Waals surface area contributed by atoms with Crippen molar-refractivity contribution in [3.05, 3.63) is 29.6 Å². The lowest BCUT2D eigenvalue weighted by molar-refractivity contribution is 0.0684. The van der Waals surface area contributed by atoms with Crippen molar-refractivity contribution in [3.63, 3.8) is 0 Å². The first-order valence-corrected chi connectivity index (χ1v) is 3.83. The summed E-state index contributed by atoms with van der Waals surface area (Å²) >= 11 is 0. The molecule has 0 spiro atoms. The third kappa shape index (κ3) is 2.26. The second-order valence-corrected chi connectivity index (χ2v) is 3.30. The molecule has 0 aliphatic carbocycles. The topological polar surface area (TPSA) is 70.4 Å². The minimum Gasteiger partial charge on any atom is -0.478 e. The molecule has 1 rings (SSSR count). The summed E-state index contributed by atoms with van der Waals surface area (Å²) in [4.78, 5) is 14.3. The Kier molecular flexibility index (Phi) is 2.34. The number of pyridine rings is 1. The number of nitrogens with zero attached hydrogens (tertiary/aromatic N) is 1. The maximum absolute atomic E-state index is 10.5. The third-order valence-corrected chi connectivity index (χ3v) is 1.64. The summed E-state index contributed by atoms with van der Waals surface area (Å²) in [6.07, 6.45) is 1.23. The lowest BCUT2D eigenvalue weighted by Gasteiger charge is -2.15. The normalized spacial score (nSPS) is 11.3. The molecule has 0 fully saturated rings. The van der Waals surface area contributed by atoms with Crippen molar-refractivity contribution in [1.82, 2.24) is 4.98 Å². The summed E-state index contributed by atoms with van der Waals surface area (Å²) in [6, 6.07) is 2.92. The molecule has 0 unspecified atom stereocenters. The fourth-order valence-electron chi connectivity index (χ4n) is 0.882. The zero-order valence-electron chi connectivity index (χ0n) is 7.48. The molecule has 0 radical (unpaired) electrons. The highest BCUT2D eigenvalue weighted by Crippen LogP contribution is 2.16. The molecule has 0 bridgehead atoms. The standard InChI is InChI=1S/C9H11NO3/c1-9(2,13)7-4-3-6(5-10-7)8(11)12/h3-5,13H,1-2H3,(H,11,12). The fourth-order valence-corrected chi connectivity index (χ4v) is 0.882. The molecule has 1 aromatic rings. The van der Waals surface area contributed by atoms with Gasteiger partial charge in [-0.3, -0.25) is 4.98 Å². The van der Waals surface area contributed by atoms with Crippen LogP contribution in [0.5, 0.6) is 0 Å². The van der Waals surface area contributed by atoms with E-state index in [0.717, 1.165) is 0 Å². The number of aromatic nitrogens is 1. The van der Waals surface area contributed by atoms with Gasteiger partial charge in [0.25, 0.3) is 0 Å². The van der Waals surface area contributed by atoms with E-state index in [1.54, 1.807) is 13.8 Å². The number of carboxylic acid groups (broad SMARTS) is 1. The molecular formula is C9H11NO3. The molecule has 0 saturated carbocycles. The van der Waals surface area contributed by atoms with Crippen molar-refractivity contribution >= 4 is 5.97 Å². The zero-order chi connectivity index (χ0) is 10.1. The van der Waals surface area contributed by atoms with Crippen LogP contribution in [0.1, 0.15) is 29.9 Å². The number of hydrogen-bond donors (Lipinski definition) is 2. The number of carbonyl (C=O) groups is 1. The first-order valence-electron chi connectivity index (χ1n) is 3.83. The second-order valence-electron chi connectivity index (χ2n) is 3.30. The van der Waals surface area contributed by atoms with Crippen LogP contribution in [0, 0.1) is 0 Å². The van der Waals surface area contributed by atoms with Crippen LogP contribution in [0.15, 0.2) is 18.3 Å². The maximum atomic E-state index is 10.5. The van der Waals surface area contributed by atoms with Gasteiger partial charge < -0.3 is 10.2 Å². The first-order chi connectivity index (χ1) is 5.91. The largest absolute Gasteiger partial charge is 0.478 e. The van der Waals surface area contributed by atoms with E-state index in [9.17, 15) is 9.90 Å². The average Bonchev–Trinajstić information content (AvgIpc) is 2.03. The molecule has 2 N–H and O–H groups in total. The SMILES string of the molecule is CC(C)(O)c1ccc(C(=O)O)cn1. The van der Waals surface area contributed by atoms with E-state index in [4.69, 9.17) is 5.11 Å². The highest BCUT2D eigenvalue weighted by molar-refractivity contribution is 5.87. The van der Waals surface area contributed by atoms with Crippen LogP contribution in [0.2, 0.25) is 0 Å². The molecule has 70 valence electrons. The minimum absolute atomic E-state index is 0.119. The Morgan fingerprint density at radius 1 is 1.46 bits per heavy atom. The minimum atomic E-state index is -1.03. The van der Waals surface area contributed by atoms with Crippen LogP contribution in [0.25, 0.3) is 0 Å². The molecule has 0 aromatic carbocycles. The van der Waals surface area contributed by atoms with E-state index < -0.39 is 11.6 Å². The van der Waals surface area contributed by atoms with Crippen LogP contribution in [0.3, 0.4) is 0 Å². The van der Waals surface area contributed by atoms with Crippen LogP contribution < -0.4 is 0 Å². The predicted octanol–water partition coefficient (Wildman–Crippen LogP) is 1.01. The van der Waals surface area contributed by atoms with E-state index in [-0.39, 0.29) is 5.56 Å². The number of aliphatic hydroxyl groups is 1. The summed E-state index contributed by atoms with van der Waals surface area (Å²) in [5.41, 5.74) is -0.456. The Bertz CT molecular complexity index is 311. The summed E-state index contributed by atoms with van der Waals surface area (Å²) in [5.74, 6) is -1.02. The molecule has 13 heavy (non-hydrogen) atoms. The summed E-state index contributed by atoms with van der Waals surface area (Å²) in [5, 5.41) is 18.1. The Hall–Kier alpha value is -1.42. The first kappa shape index (κ1) is 9.67. The van der Waals surface area contributed by atoms with E-state index in [1.807, 2.05) is 0 Å². The summed E-state index contributed by atoms with van der Waals surface area (Å²) in [7, 11) is 0. The van der Waals surface area contributed by atoms with Gasteiger partial charge in [0.15, 0.2) is 0 Å². The smallest absolute Gasteiger partial charge is 0.337 e. The lowest BCUT2D eigenvalue weighted by Crippen LogP contribution is -2.17. The van der Waals surface area contributed by atoms with Crippen molar-refractivity contribution < 1.29 is 15.0 Å². The van der Waals surface area contributed by atoms with Gasteiger partial charge in [0.1, 0.15) is 5.60 Å². The predicted molar refractivity (Wildman–Crippen MR) is 46.4 cm³/mol. The molecule has 4 nitrogen and oxygen atoms in total. The van der Waals surface area contributed by atoms with Crippen molar-refractivity contribution in [2.24, 2.45) is 0 Å². The third-order valence-electron chi connectivity index (χ3n) is 1.64. The quantitative estimate of drug-likeness (QED) is 0.714. The van der Waals surface area contributed by atoms with E-state index in [0.29, 0.717) is 5.69 Å². The van der Waals surface area contributed by atoms with Gasteiger partial charge in [-0.1, -0.05) is 0 Å².